The first-order valence-electron chi connectivity index (χ1n) is 3.88. The minimum atomic E-state index is -0.341. The Hall–Kier alpha value is -1.16. The number of aromatic nitrogens is 2. The minimum absolute atomic E-state index is 0.341. The molecule has 4 heteroatoms. The Balaban J connectivity index is 2.56. The Morgan fingerprint density at radius 2 is 2.58 bits per heavy atom. The number of aryl methyl sites for hydroxylation is 1. The quantitative estimate of drug-likeness (QED) is 0.665. The minimum Gasteiger partial charge on any atom is -0.393 e. The normalized spacial score (nSPS) is 12.8. The van der Waals surface area contributed by atoms with Gasteiger partial charge in [0.15, 0.2) is 12.1 Å². The van der Waals surface area contributed by atoms with Crippen molar-refractivity contribution >= 4 is 6.29 Å². The van der Waals surface area contributed by atoms with Crippen LogP contribution in [-0.4, -0.2) is 27.0 Å². The molecule has 4 nitrogen and oxygen atoms in total. The average Bonchev–Trinajstić information content (AvgIpc) is 2.47. The number of imidazole rings is 1. The molecule has 1 heterocycles. The lowest BCUT2D eigenvalue weighted by molar-refractivity contribution is 0.110. The summed E-state index contributed by atoms with van der Waals surface area (Å²) >= 11 is 0. The number of carbonyl (C=O) groups excluding carboxylic acids is 1. The average molecular weight is 168 g/mol. The zero-order chi connectivity index (χ0) is 8.97. The molecule has 1 aromatic heterocycles. The highest BCUT2D eigenvalue weighted by molar-refractivity contribution is 5.69. The van der Waals surface area contributed by atoms with E-state index in [-0.39, 0.29) is 6.10 Å². The summed E-state index contributed by atoms with van der Waals surface area (Å²) in [6.07, 6.45) is 4.31. The van der Waals surface area contributed by atoms with Crippen molar-refractivity contribution in [2.75, 3.05) is 0 Å². The summed E-state index contributed by atoms with van der Waals surface area (Å²) in [6.45, 7) is 2.35. The molecule has 0 bridgehead atoms. The molecular weight excluding hydrogens is 156 g/mol. The van der Waals surface area contributed by atoms with E-state index >= 15 is 0 Å². The molecule has 0 saturated carbocycles. The van der Waals surface area contributed by atoms with Crippen LogP contribution in [0, 0.1) is 0 Å². The molecule has 1 aromatic rings. The molecule has 1 N–H and O–H groups in total. The van der Waals surface area contributed by atoms with E-state index in [1.807, 2.05) is 0 Å². The van der Waals surface area contributed by atoms with Gasteiger partial charge in [0.2, 0.25) is 0 Å². The molecule has 0 aliphatic carbocycles. The van der Waals surface area contributed by atoms with Crippen molar-refractivity contribution in [1.29, 1.82) is 0 Å². The fourth-order valence-corrected chi connectivity index (χ4v) is 0.954. The van der Waals surface area contributed by atoms with Crippen molar-refractivity contribution in [1.82, 2.24) is 9.55 Å². The van der Waals surface area contributed by atoms with E-state index in [1.165, 1.54) is 0 Å². The maximum Gasteiger partial charge on any atom is 0.185 e. The van der Waals surface area contributed by atoms with Gasteiger partial charge in [-0.25, -0.2) is 4.98 Å². The molecule has 0 fully saturated rings. The molecule has 0 saturated heterocycles. The standard InChI is InChI=1S/C8H12N2O2/c1-7(12)2-4-10-5-3-9-8(10)6-11/h3,5-7,12H,2,4H2,1H3. The molecule has 1 rings (SSSR count). The van der Waals surface area contributed by atoms with Crippen molar-refractivity contribution < 1.29 is 9.90 Å². The van der Waals surface area contributed by atoms with E-state index < -0.39 is 0 Å². The summed E-state index contributed by atoms with van der Waals surface area (Å²) in [6, 6.07) is 0. The highest BCUT2D eigenvalue weighted by atomic mass is 16.3. The van der Waals surface area contributed by atoms with E-state index in [9.17, 15) is 4.79 Å². The van der Waals surface area contributed by atoms with Gasteiger partial charge in [-0.05, 0) is 13.3 Å². The molecule has 0 spiro atoms. The fraction of sp³-hybridized carbons (Fsp3) is 0.500. The molecule has 0 aromatic carbocycles. The Morgan fingerprint density at radius 1 is 1.83 bits per heavy atom. The molecule has 66 valence electrons. The van der Waals surface area contributed by atoms with Crippen LogP contribution in [0.3, 0.4) is 0 Å². The van der Waals surface area contributed by atoms with Crippen LogP contribution in [0.25, 0.3) is 0 Å². The van der Waals surface area contributed by atoms with E-state index in [2.05, 4.69) is 4.98 Å². The third kappa shape index (κ3) is 2.17. The Bertz CT molecular complexity index is 255. The summed E-state index contributed by atoms with van der Waals surface area (Å²) in [4.78, 5) is 14.2. The molecule has 1 unspecified atom stereocenters. The third-order valence-electron chi connectivity index (χ3n) is 1.64. The Morgan fingerprint density at radius 3 is 3.17 bits per heavy atom. The molecule has 1 atom stereocenters. The van der Waals surface area contributed by atoms with Crippen LogP contribution in [0.2, 0.25) is 0 Å². The lowest BCUT2D eigenvalue weighted by Crippen LogP contribution is -2.08. The summed E-state index contributed by atoms with van der Waals surface area (Å²) in [5.74, 6) is 0.413. The predicted octanol–water partition coefficient (Wildman–Crippen LogP) is 0.467. The van der Waals surface area contributed by atoms with E-state index in [0.717, 1.165) is 0 Å². The smallest absolute Gasteiger partial charge is 0.185 e. The Kier molecular flexibility index (Phi) is 2.99. The number of aliphatic hydroxyl groups excluding tert-OH is 1. The van der Waals surface area contributed by atoms with E-state index in [1.54, 1.807) is 23.9 Å². The second-order valence-corrected chi connectivity index (χ2v) is 2.73. The molecule has 0 aliphatic heterocycles. The van der Waals surface area contributed by atoms with Crippen molar-refractivity contribution in [3.63, 3.8) is 0 Å². The second kappa shape index (κ2) is 4.01. The predicted molar refractivity (Wildman–Crippen MR) is 43.9 cm³/mol. The Labute approximate surface area is 70.9 Å². The van der Waals surface area contributed by atoms with Gasteiger partial charge in [-0.1, -0.05) is 0 Å². The highest BCUT2D eigenvalue weighted by Gasteiger charge is 2.01. The topological polar surface area (TPSA) is 55.1 Å². The number of aliphatic hydroxyl groups is 1. The maximum absolute atomic E-state index is 10.4. The van der Waals surface area contributed by atoms with Crippen molar-refractivity contribution in [2.24, 2.45) is 0 Å². The van der Waals surface area contributed by atoms with Crippen molar-refractivity contribution in [3.8, 4) is 0 Å². The number of carbonyl (C=O) groups is 1. The van der Waals surface area contributed by atoms with E-state index in [4.69, 9.17) is 5.11 Å². The van der Waals surface area contributed by atoms with Crippen LogP contribution in [0.4, 0.5) is 0 Å². The first kappa shape index (κ1) is 8.93. The molecular formula is C8H12N2O2. The number of rotatable bonds is 4. The maximum atomic E-state index is 10.4. The number of aldehydes is 1. The monoisotopic (exact) mass is 168 g/mol. The molecule has 0 aliphatic rings. The second-order valence-electron chi connectivity index (χ2n) is 2.73. The van der Waals surface area contributed by atoms with Gasteiger partial charge >= 0.3 is 0 Å². The van der Waals surface area contributed by atoms with E-state index in [0.29, 0.717) is 25.1 Å². The van der Waals surface area contributed by atoms with Crippen LogP contribution < -0.4 is 0 Å². The van der Waals surface area contributed by atoms with Gasteiger partial charge in [-0.3, -0.25) is 4.79 Å². The van der Waals surface area contributed by atoms with Crippen LogP contribution in [-0.2, 0) is 6.54 Å². The summed E-state index contributed by atoms with van der Waals surface area (Å²) in [7, 11) is 0. The zero-order valence-corrected chi connectivity index (χ0v) is 6.97. The molecule has 12 heavy (non-hydrogen) atoms. The van der Waals surface area contributed by atoms with Crippen LogP contribution >= 0.6 is 0 Å². The van der Waals surface area contributed by atoms with Crippen LogP contribution in [0.1, 0.15) is 24.0 Å². The summed E-state index contributed by atoms with van der Waals surface area (Å²) in [5.41, 5.74) is 0. The van der Waals surface area contributed by atoms with Gasteiger partial charge in [0, 0.05) is 18.9 Å². The molecule has 0 amide bonds. The summed E-state index contributed by atoms with van der Waals surface area (Å²) in [5, 5.41) is 8.99. The SMILES string of the molecule is CC(O)CCn1ccnc1C=O. The zero-order valence-electron chi connectivity index (χ0n) is 6.97. The lowest BCUT2D eigenvalue weighted by atomic mass is 10.3. The largest absolute Gasteiger partial charge is 0.393 e. The molecule has 0 radical (unpaired) electrons. The first-order chi connectivity index (χ1) is 5.74. The number of hydrogen-bond donors (Lipinski definition) is 1. The fourth-order valence-electron chi connectivity index (χ4n) is 0.954. The number of hydrogen-bond acceptors (Lipinski definition) is 3. The summed E-state index contributed by atoms with van der Waals surface area (Å²) < 4.78 is 1.72. The van der Waals surface area contributed by atoms with Gasteiger partial charge in [0.25, 0.3) is 0 Å². The number of nitrogens with zero attached hydrogens (tertiary/aromatic N) is 2. The van der Waals surface area contributed by atoms with Gasteiger partial charge in [-0.15, -0.1) is 0 Å². The first-order valence-corrected chi connectivity index (χ1v) is 3.88. The lowest BCUT2D eigenvalue weighted by Gasteiger charge is -2.05. The van der Waals surface area contributed by atoms with Crippen molar-refractivity contribution in [3.05, 3.63) is 18.2 Å². The van der Waals surface area contributed by atoms with Gasteiger partial charge in [0.05, 0.1) is 6.10 Å². The van der Waals surface area contributed by atoms with Crippen molar-refractivity contribution in [2.45, 2.75) is 26.0 Å². The van der Waals surface area contributed by atoms with Gasteiger partial charge < -0.3 is 9.67 Å². The van der Waals surface area contributed by atoms with Crippen LogP contribution in [0.15, 0.2) is 12.4 Å². The van der Waals surface area contributed by atoms with Crippen LogP contribution in [0.5, 0.6) is 0 Å². The third-order valence-corrected chi connectivity index (χ3v) is 1.64. The van der Waals surface area contributed by atoms with Gasteiger partial charge in [0.1, 0.15) is 0 Å². The van der Waals surface area contributed by atoms with Gasteiger partial charge in [-0.2, -0.15) is 0 Å². The highest BCUT2D eigenvalue weighted by Crippen LogP contribution is 1.98.